The van der Waals surface area contributed by atoms with Crippen molar-refractivity contribution in [1.29, 1.82) is 0 Å². The number of ether oxygens (including phenoxy) is 2. The smallest absolute Gasteiger partial charge is 0.263 e. The van der Waals surface area contributed by atoms with E-state index < -0.39 is 0 Å². The lowest BCUT2D eigenvalue weighted by Gasteiger charge is -2.31. The van der Waals surface area contributed by atoms with Crippen molar-refractivity contribution >= 4 is 23.2 Å². The number of thiophene rings is 1. The molecule has 3 heterocycles. The first-order valence-corrected chi connectivity index (χ1v) is 10.2. The molecular weight excluding hydrogens is 378 g/mol. The minimum absolute atomic E-state index is 0.0146. The lowest BCUT2D eigenvalue weighted by atomic mass is 9.97. The zero-order chi connectivity index (χ0) is 19.8. The van der Waals surface area contributed by atoms with E-state index >= 15 is 0 Å². The average Bonchev–Trinajstić information content (AvgIpc) is 3.27. The molecule has 7 nitrogen and oxygen atoms in total. The van der Waals surface area contributed by atoms with E-state index in [0.29, 0.717) is 38.7 Å². The highest BCUT2D eigenvalue weighted by atomic mass is 32.1. The van der Waals surface area contributed by atoms with Crippen molar-refractivity contribution in [1.82, 2.24) is 15.2 Å². The number of nitrogens with one attached hydrogen (secondary N) is 1. The molecule has 0 aromatic carbocycles. The van der Waals surface area contributed by atoms with Crippen molar-refractivity contribution < 1.29 is 19.1 Å². The summed E-state index contributed by atoms with van der Waals surface area (Å²) in [5, 5.41) is 4.85. The van der Waals surface area contributed by atoms with Crippen LogP contribution in [0.1, 0.15) is 28.1 Å². The normalized spacial score (nSPS) is 16.6. The van der Waals surface area contributed by atoms with Gasteiger partial charge in [0.1, 0.15) is 6.61 Å². The lowest BCUT2D eigenvalue weighted by molar-refractivity contribution is -0.126. The molecule has 28 heavy (non-hydrogen) atoms. The molecule has 1 aliphatic rings. The van der Waals surface area contributed by atoms with E-state index in [-0.39, 0.29) is 17.7 Å². The molecule has 0 radical (unpaired) electrons. The van der Waals surface area contributed by atoms with Gasteiger partial charge >= 0.3 is 0 Å². The Kier molecular flexibility index (Phi) is 7.39. The Morgan fingerprint density at radius 1 is 1.32 bits per heavy atom. The number of hydrogen-bond donors (Lipinski definition) is 1. The molecule has 0 saturated carbocycles. The highest BCUT2D eigenvalue weighted by Gasteiger charge is 2.29. The van der Waals surface area contributed by atoms with Gasteiger partial charge in [0.25, 0.3) is 5.91 Å². The minimum atomic E-state index is -0.178. The largest absolute Gasteiger partial charge is 0.475 e. The number of aromatic nitrogens is 1. The standard InChI is InChI=1S/C20H25N3O4S/c1-26-9-10-27-18-7-6-15(12-21-18)13-22-19(24)16-4-2-8-23(14-16)20(25)17-5-3-11-28-17/h3,5-7,11-12,16H,2,4,8-10,13-14H2,1H3,(H,22,24). The van der Waals surface area contributed by atoms with Gasteiger partial charge in [-0.1, -0.05) is 12.1 Å². The van der Waals surface area contributed by atoms with Crippen LogP contribution in [0.15, 0.2) is 35.8 Å². The Morgan fingerprint density at radius 2 is 2.21 bits per heavy atom. The van der Waals surface area contributed by atoms with Gasteiger partial charge in [0.05, 0.1) is 17.4 Å². The lowest BCUT2D eigenvalue weighted by Crippen LogP contribution is -2.45. The maximum absolute atomic E-state index is 12.6. The van der Waals surface area contributed by atoms with Crippen molar-refractivity contribution in [3.05, 3.63) is 46.3 Å². The van der Waals surface area contributed by atoms with Crippen LogP contribution in [0.4, 0.5) is 0 Å². The van der Waals surface area contributed by atoms with E-state index in [2.05, 4.69) is 10.3 Å². The average molecular weight is 404 g/mol. The molecule has 0 bridgehead atoms. The molecule has 2 aromatic rings. The Bertz CT molecular complexity index is 764. The third-order valence-corrected chi connectivity index (χ3v) is 5.47. The number of rotatable bonds is 8. The number of carbonyl (C=O) groups excluding carboxylic acids is 2. The van der Waals surface area contributed by atoms with E-state index in [9.17, 15) is 9.59 Å². The zero-order valence-corrected chi connectivity index (χ0v) is 16.7. The third kappa shape index (κ3) is 5.53. The predicted molar refractivity (Wildman–Crippen MR) is 106 cm³/mol. The number of carbonyl (C=O) groups is 2. The second kappa shape index (κ2) is 10.2. The summed E-state index contributed by atoms with van der Waals surface area (Å²) >= 11 is 1.43. The van der Waals surface area contributed by atoms with Gasteiger partial charge < -0.3 is 19.7 Å². The van der Waals surface area contributed by atoms with E-state index in [0.717, 1.165) is 23.3 Å². The molecule has 0 aliphatic carbocycles. The van der Waals surface area contributed by atoms with Crippen molar-refractivity contribution in [3.8, 4) is 5.88 Å². The number of pyridine rings is 1. The summed E-state index contributed by atoms with van der Waals surface area (Å²) in [6, 6.07) is 7.35. The molecule has 1 unspecified atom stereocenters. The van der Waals surface area contributed by atoms with E-state index in [1.54, 1.807) is 24.3 Å². The third-order valence-electron chi connectivity index (χ3n) is 4.61. The molecule has 1 fully saturated rings. The Hall–Kier alpha value is -2.45. The molecule has 8 heteroatoms. The predicted octanol–water partition coefficient (Wildman–Crippen LogP) is 2.34. The fourth-order valence-electron chi connectivity index (χ4n) is 3.10. The molecule has 0 spiro atoms. The van der Waals surface area contributed by atoms with Crippen LogP contribution in [0.5, 0.6) is 5.88 Å². The van der Waals surface area contributed by atoms with Gasteiger partial charge in [-0.25, -0.2) is 4.98 Å². The molecule has 1 saturated heterocycles. The molecule has 1 aliphatic heterocycles. The number of likely N-dealkylation sites (tertiary alicyclic amines) is 1. The van der Waals surface area contributed by atoms with Crippen LogP contribution in [0, 0.1) is 5.92 Å². The quantitative estimate of drug-likeness (QED) is 0.685. The molecular formula is C20H25N3O4S. The number of nitrogens with zero attached hydrogens (tertiary/aromatic N) is 2. The number of piperidine rings is 1. The second-order valence-electron chi connectivity index (χ2n) is 6.63. The fraction of sp³-hybridized carbons (Fsp3) is 0.450. The monoisotopic (exact) mass is 403 g/mol. The summed E-state index contributed by atoms with van der Waals surface area (Å²) in [6.07, 6.45) is 3.32. The molecule has 3 rings (SSSR count). The van der Waals surface area contributed by atoms with E-state index in [1.807, 2.05) is 23.6 Å². The molecule has 150 valence electrons. The van der Waals surface area contributed by atoms with E-state index in [1.165, 1.54) is 11.3 Å². The van der Waals surface area contributed by atoms with Gasteiger partial charge in [-0.2, -0.15) is 0 Å². The molecule has 2 aromatic heterocycles. The van der Waals surface area contributed by atoms with Crippen molar-refractivity contribution in [2.75, 3.05) is 33.4 Å². The number of amides is 2. The number of hydrogen-bond acceptors (Lipinski definition) is 6. The number of methoxy groups -OCH3 is 1. The minimum Gasteiger partial charge on any atom is -0.475 e. The summed E-state index contributed by atoms with van der Waals surface area (Å²) in [4.78, 5) is 31.8. The van der Waals surface area contributed by atoms with Crippen molar-refractivity contribution in [3.63, 3.8) is 0 Å². The van der Waals surface area contributed by atoms with Crippen molar-refractivity contribution in [2.24, 2.45) is 5.92 Å². The SMILES string of the molecule is COCCOc1ccc(CNC(=O)C2CCCN(C(=O)c3cccs3)C2)cn1. The molecule has 1 N–H and O–H groups in total. The first kappa shape index (κ1) is 20.3. The first-order valence-electron chi connectivity index (χ1n) is 9.34. The maximum Gasteiger partial charge on any atom is 0.263 e. The Morgan fingerprint density at radius 3 is 2.93 bits per heavy atom. The highest BCUT2D eigenvalue weighted by molar-refractivity contribution is 7.12. The molecule has 2 amide bonds. The van der Waals surface area contributed by atoms with Gasteiger partial charge in [0.15, 0.2) is 0 Å². The summed E-state index contributed by atoms with van der Waals surface area (Å²) in [5.74, 6) is 0.342. The van der Waals surface area contributed by atoms with Gasteiger partial charge in [-0.3, -0.25) is 9.59 Å². The van der Waals surface area contributed by atoms with Crippen LogP contribution in [0.3, 0.4) is 0 Å². The first-order chi connectivity index (χ1) is 13.7. The van der Waals surface area contributed by atoms with Crippen LogP contribution in [0.25, 0.3) is 0 Å². The van der Waals surface area contributed by atoms with Crippen LogP contribution in [-0.2, 0) is 16.1 Å². The van der Waals surface area contributed by atoms with E-state index in [4.69, 9.17) is 9.47 Å². The van der Waals surface area contributed by atoms with Gasteiger partial charge in [0.2, 0.25) is 11.8 Å². The zero-order valence-electron chi connectivity index (χ0n) is 15.9. The van der Waals surface area contributed by atoms with Crippen LogP contribution >= 0.6 is 11.3 Å². The van der Waals surface area contributed by atoms with Crippen LogP contribution in [-0.4, -0.2) is 55.1 Å². The Balaban J connectivity index is 1.47. The Labute approximate surface area is 168 Å². The van der Waals surface area contributed by atoms with Crippen LogP contribution in [0.2, 0.25) is 0 Å². The topological polar surface area (TPSA) is 80.8 Å². The summed E-state index contributed by atoms with van der Waals surface area (Å²) in [5.41, 5.74) is 0.898. The second-order valence-corrected chi connectivity index (χ2v) is 7.58. The van der Waals surface area contributed by atoms with Crippen molar-refractivity contribution in [2.45, 2.75) is 19.4 Å². The van der Waals surface area contributed by atoms with Crippen LogP contribution < -0.4 is 10.1 Å². The highest BCUT2D eigenvalue weighted by Crippen LogP contribution is 2.21. The van der Waals surface area contributed by atoms with Gasteiger partial charge in [0, 0.05) is 39.0 Å². The summed E-state index contributed by atoms with van der Waals surface area (Å²) in [7, 11) is 1.62. The van der Waals surface area contributed by atoms with Gasteiger partial charge in [-0.05, 0) is 29.9 Å². The van der Waals surface area contributed by atoms with Gasteiger partial charge in [-0.15, -0.1) is 11.3 Å². The fourth-order valence-corrected chi connectivity index (χ4v) is 3.79. The summed E-state index contributed by atoms with van der Waals surface area (Å²) in [6.45, 7) is 2.52. The maximum atomic E-state index is 12.6. The summed E-state index contributed by atoms with van der Waals surface area (Å²) < 4.78 is 10.4. The molecule has 1 atom stereocenters.